The first-order chi connectivity index (χ1) is 7.09. The maximum Gasteiger partial charge on any atom is 0.423 e. The van der Waals surface area contributed by atoms with Gasteiger partial charge < -0.3 is 9.47 Å². The van der Waals surface area contributed by atoms with Crippen molar-refractivity contribution in [1.82, 2.24) is 15.6 Å². The number of morpholine rings is 1. The van der Waals surface area contributed by atoms with Crippen LogP contribution in [0.5, 0.6) is 0 Å². The zero-order chi connectivity index (χ0) is 11.3. The van der Waals surface area contributed by atoms with Crippen molar-refractivity contribution < 1.29 is 14.3 Å². The molecule has 0 unspecified atom stereocenters. The van der Waals surface area contributed by atoms with Gasteiger partial charge in [-0.25, -0.2) is 15.2 Å². The quantitative estimate of drug-likeness (QED) is 0.685. The summed E-state index contributed by atoms with van der Waals surface area (Å²) in [7, 11) is 1.78. The minimum Gasteiger partial charge on any atom is -0.446 e. The smallest absolute Gasteiger partial charge is 0.423 e. The van der Waals surface area contributed by atoms with Gasteiger partial charge in [0, 0.05) is 20.1 Å². The summed E-state index contributed by atoms with van der Waals surface area (Å²) in [6, 6.07) is 0. The van der Waals surface area contributed by atoms with Gasteiger partial charge in [0.15, 0.2) is 0 Å². The topological polar surface area (TPSA) is 54.0 Å². The summed E-state index contributed by atoms with van der Waals surface area (Å²) in [4.78, 5) is 11.3. The molecular weight excluding hydrogens is 198 g/mol. The van der Waals surface area contributed by atoms with Gasteiger partial charge in [-0.15, -0.1) is 0 Å². The molecule has 0 aromatic rings. The first-order valence-corrected chi connectivity index (χ1v) is 5.13. The third-order valence-corrected chi connectivity index (χ3v) is 2.01. The fourth-order valence-electron chi connectivity index (χ4n) is 1.30. The Morgan fingerprint density at radius 3 is 2.60 bits per heavy atom. The zero-order valence-electron chi connectivity index (χ0n) is 9.52. The van der Waals surface area contributed by atoms with Crippen molar-refractivity contribution in [3.8, 4) is 0 Å². The summed E-state index contributed by atoms with van der Waals surface area (Å²) in [5.41, 5.74) is 2.62. The van der Waals surface area contributed by atoms with Crippen LogP contribution in [0.1, 0.15) is 13.8 Å². The number of carbonyl (C=O) groups excluding carboxylic acids is 1. The molecule has 0 aliphatic carbocycles. The highest BCUT2D eigenvalue weighted by atomic mass is 16.6. The van der Waals surface area contributed by atoms with Crippen LogP contribution in [0.15, 0.2) is 0 Å². The lowest BCUT2D eigenvalue weighted by atomic mass is 10.5. The highest BCUT2D eigenvalue weighted by Gasteiger charge is 2.17. The molecule has 1 heterocycles. The Hall–Kier alpha value is -0.850. The fourth-order valence-corrected chi connectivity index (χ4v) is 1.30. The van der Waals surface area contributed by atoms with Crippen LogP contribution in [0.4, 0.5) is 4.79 Å². The number of hydrogen-bond donors (Lipinski definition) is 1. The van der Waals surface area contributed by atoms with Gasteiger partial charge in [-0.2, -0.15) is 5.12 Å². The van der Waals surface area contributed by atoms with E-state index in [4.69, 9.17) is 9.47 Å². The van der Waals surface area contributed by atoms with Crippen LogP contribution in [-0.2, 0) is 9.47 Å². The van der Waals surface area contributed by atoms with Crippen LogP contribution >= 0.6 is 0 Å². The summed E-state index contributed by atoms with van der Waals surface area (Å²) in [6.45, 7) is 6.55. The largest absolute Gasteiger partial charge is 0.446 e. The Bertz CT molecular complexity index is 205. The Balaban J connectivity index is 2.27. The maximum absolute atomic E-state index is 11.3. The average molecular weight is 217 g/mol. The van der Waals surface area contributed by atoms with Gasteiger partial charge in [0.05, 0.1) is 19.3 Å². The summed E-state index contributed by atoms with van der Waals surface area (Å²) in [6.07, 6.45) is -0.540. The number of hydrazine groups is 2. The van der Waals surface area contributed by atoms with Crippen LogP contribution in [-0.4, -0.2) is 55.7 Å². The fraction of sp³-hybridized carbons (Fsp3) is 0.889. The predicted molar refractivity (Wildman–Crippen MR) is 54.9 cm³/mol. The Morgan fingerprint density at radius 2 is 2.07 bits per heavy atom. The van der Waals surface area contributed by atoms with E-state index in [1.807, 2.05) is 18.9 Å². The van der Waals surface area contributed by atoms with E-state index in [9.17, 15) is 4.79 Å². The first-order valence-electron chi connectivity index (χ1n) is 5.13. The van der Waals surface area contributed by atoms with Crippen molar-refractivity contribution in [3.63, 3.8) is 0 Å². The monoisotopic (exact) mass is 217 g/mol. The molecule has 1 saturated heterocycles. The Morgan fingerprint density at radius 1 is 1.47 bits per heavy atom. The second-order valence-corrected chi connectivity index (χ2v) is 3.66. The van der Waals surface area contributed by atoms with Crippen molar-refractivity contribution in [2.45, 2.75) is 20.0 Å². The molecule has 1 fully saturated rings. The third-order valence-electron chi connectivity index (χ3n) is 2.01. The normalized spacial score (nSPS) is 18.2. The lowest BCUT2D eigenvalue weighted by Gasteiger charge is -2.34. The van der Waals surface area contributed by atoms with E-state index in [-0.39, 0.29) is 6.10 Å². The summed E-state index contributed by atoms with van der Waals surface area (Å²) in [5.74, 6) is 0. The van der Waals surface area contributed by atoms with Crippen LogP contribution in [0.2, 0.25) is 0 Å². The van der Waals surface area contributed by atoms with Gasteiger partial charge in [-0.05, 0) is 13.8 Å². The van der Waals surface area contributed by atoms with Crippen molar-refractivity contribution in [1.29, 1.82) is 0 Å². The summed E-state index contributed by atoms with van der Waals surface area (Å²) >= 11 is 0. The molecule has 0 atom stereocenters. The number of carbonyl (C=O) groups is 1. The molecule has 6 nitrogen and oxygen atoms in total. The molecule has 0 aromatic carbocycles. The van der Waals surface area contributed by atoms with Gasteiger partial charge in [0.25, 0.3) is 0 Å². The Labute approximate surface area is 90.1 Å². The van der Waals surface area contributed by atoms with Crippen LogP contribution in [0.3, 0.4) is 0 Å². The number of ether oxygens (including phenoxy) is 2. The van der Waals surface area contributed by atoms with Crippen molar-refractivity contribution in [2.24, 2.45) is 0 Å². The number of amides is 1. The van der Waals surface area contributed by atoms with Gasteiger partial charge in [0.1, 0.15) is 0 Å². The van der Waals surface area contributed by atoms with Gasteiger partial charge in [0.2, 0.25) is 0 Å². The summed E-state index contributed by atoms with van der Waals surface area (Å²) < 4.78 is 10.2. The molecule has 88 valence electrons. The second kappa shape index (κ2) is 5.89. The van der Waals surface area contributed by atoms with Gasteiger partial charge >= 0.3 is 6.09 Å². The SMILES string of the molecule is CC(C)OC(=O)NN(C)N1CCOCC1. The molecule has 6 heteroatoms. The molecule has 1 aliphatic heterocycles. The Kier molecular flexibility index (Phi) is 4.80. The average Bonchev–Trinajstić information content (AvgIpc) is 2.17. The van der Waals surface area contributed by atoms with Gasteiger partial charge in [-0.1, -0.05) is 0 Å². The van der Waals surface area contributed by atoms with Crippen LogP contribution in [0, 0.1) is 0 Å². The predicted octanol–water partition coefficient (Wildman–Crippen LogP) is 0.215. The van der Waals surface area contributed by atoms with E-state index in [2.05, 4.69) is 5.43 Å². The molecular formula is C9H19N3O3. The zero-order valence-corrected chi connectivity index (χ0v) is 9.52. The van der Waals surface area contributed by atoms with E-state index < -0.39 is 6.09 Å². The number of nitrogens with zero attached hydrogens (tertiary/aromatic N) is 2. The van der Waals surface area contributed by atoms with Crippen molar-refractivity contribution in [2.75, 3.05) is 33.4 Å². The number of nitrogens with one attached hydrogen (secondary N) is 1. The molecule has 0 aromatic heterocycles. The van der Waals surface area contributed by atoms with E-state index in [1.54, 1.807) is 12.2 Å². The highest BCUT2D eigenvalue weighted by Crippen LogP contribution is 1.98. The van der Waals surface area contributed by atoms with Gasteiger partial charge in [-0.3, -0.25) is 0 Å². The molecule has 0 saturated carbocycles. The lowest BCUT2D eigenvalue weighted by Crippen LogP contribution is -2.54. The molecule has 1 N–H and O–H groups in total. The van der Waals surface area contributed by atoms with E-state index in [0.717, 1.165) is 13.1 Å². The lowest BCUT2D eigenvalue weighted by molar-refractivity contribution is -0.100. The minimum atomic E-state index is -0.431. The molecule has 15 heavy (non-hydrogen) atoms. The van der Waals surface area contributed by atoms with E-state index >= 15 is 0 Å². The maximum atomic E-state index is 11.3. The van der Waals surface area contributed by atoms with Crippen molar-refractivity contribution >= 4 is 6.09 Å². The van der Waals surface area contributed by atoms with Crippen LogP contribution < -0.4 is 5.43 Å². The second-order valence-electron chi connectivity index (χ2n) is 3.66. The molecule has 0 bridgehead atoms. The molecule has 0 spiro atoms. The molecule has 1 amide bonds. The number of hydrogen-bond acceptors (Lipinski definition) is 5. The standard InChI is InChI=1S/C9H19N3O3/c1-8(2)15-9(13)10-11(3)12-4-6-14-7-5-12/h8H,4-7H2,1-3H3,(H,10,13). The molecule has 1 rings (SSSR count). The summed E-state index contributed by atoms with van der Waals surface area (Å²) in [5, 5.41) is 3.64. The van der Waals surface area contributed by atoms with E-state index in [1.165, 1.54) is 0 Å². The minimum absolute atomic E-state index is 0.108. The van der Waals surface area contributed by atoms with Crippen LogP contribution in [0.25, 0.3) is 0 Å². The number of rotatable bonds is 3. The first kappa shape index (κ1) is 12.2. The highest BCUT2D eigenvalue weighted by molar-refractivity contribution is 5.66. The third kappa shape index (κ3) is 4.46. The van der Waals surface area contributed by atoms with E-state index in [0.29, 0.717) is 13.2 Å². The molecule has 1 aliphatic rings. The molecule has 0 radical (unpaired) electrons. The van der Waals surface area contributed by atoms with Crippen molar-refractivity contribution in [3.05, 3.63) is 0 Å².